The van der Waals surface area contributed by atoms with Crippen LogP contribution in [-0.4, -0.2) is 18.2 Å². The summed E-state index contributed by atoms with van der Waals surface area (Å²) in [6.45, 7) is 0.364. The first-order valence-corrected chi connectivity index (χ1v) is 6.80. The number of hydrogen-bond acceptors (Lipinski definition) is 4. The zero-order valence-corrected chi connectivity index (χ0v) is 10.7. The Morgan fingerprint density at radius 3 is 2.83 bits per heavy atom. The van der Waals surface area contributed by atoms with Crippen LogP contribution in [0.25, 0.3) is 0 Å². The Kier molecular flexibility index (Phi) is 3.35. The lowest BCUT2D eigenvalue weighted by atomic mass is 10.2. The Labute approximate surface area is 105 Å². The maximum Gasteiger partial charge on any atom is 0.265 e. The molecule has 0 bridgehead atoms. The van der Waals surface area contributed by atoms with E-state index >= 15 is 0 Å². The van der Waals surface area contributed by atoms with Gasteiger partial charge >= 0.3 is 0 Å². The second kappa shape index (κ2) is 4.79. The summed E-state index contributed by atoms with van der Waals surface area (Å²) in [7, 11) is -1.93. The van der Waals surface area contributed by atoms with E-state index in [1.807, 2.05) is 6.07 Å². The van der Waals surface area contributed by atoms with Crippen molar-refractivity contribution in [2.24, 2.45) is 12.8 Å². The molecule has 0 spiro atoms. The van der Waals surface area contributed by atoms with Gasteiger partial charge < -0.3 is 5.73 Å². The lowest BCUT2D eigenvalue weighted by Gasteiger charge is -2.07. The Hall–Kier alpha value is -1.86. The first-order chi connectivity index (χ1) is 8.51. The van der Waals surface area contributed by atoms with Gasteiger partial charge in [-0.1, -0.05) is 12.1 Å². The van der Waals surface area contributed by atoms with E-state index in [9.17, 15) is 8.42 Å². The van der Waals surface area contributed by atoms with Gasteiger partial charge in [0.05, 0.1) is 6.20 Å². The molecular weight excluding hydrogens is 252 g/mol. The molecule has 3 N–H and O–H groups in total. The highest BCUT2D eigenvalue weighted by molar-refractivity contribution is 7.92. The van der Waals surface area contributed by atoms with Crippen LogP contribution in [-0.2, 0) is 23.6 Å². The first kappa shape index (κ1) is 12.6. The molecule has 7 heteroatoms. The number of aryl methyl sites for hydroxylation is 1. The summed E-state index contributed by atoms with van der Waals surface area (Å²) in [6.07, 6.45) is 2.74. The van der Waals surface area contributed by atoms with Gasteiger partial charge in [-0.3, -0.25) is 9.40 Å². The quantitative estimate of drug-likeness (QED) is 0.851. The normalized spacial score (nSPS) is 11.4. The summed E-state index contributed by atoms with van der Waals surface area (Å²) < 4.78 is 28.0. The highest BCUT2D eigenvalue weighted by atomic mass is 32.2. The summed E-state index contributed by atoms with van der Waals surface area (Å²) in [6, 6.07) is 6.96. The predicted molar refractivity (Wildman–Crippen MR) is 68.3 cm³/mol. The van der Waals surface area contributed by atoms with Crippen molar-refractivity contribution in [2.45, 2.75) is 11.4 Å². The number of nitrogens with zero attached hydrogens (tertiary/aromatic N) is 2. The summed E-state index contributed by atoms with van der Waals surface area (Å²) in [5.41, 5.74) is 6.86. The molecule has 0 unspecified atom stereocenters. The Morgan fingerprint density at radius 2 is 2.22 bits per heavy atom. The van der Waals surface area contributed by atoms with Crippen LogP contribution in [0.15, 0.2) is 41.6 Å². The molecule has 0 radical (unpaired) electrons. The van der Waals surface area contributed by atoms with Crippen LogP contribution < -0.4 is 10.5 Å². The van der Waals surface area contributed by atoms with Crippen LogP contribution in [0, 0.1) is 0 Å². The number of hydrogen-bond donors (Lipinski definition) is 2. The molecule has 0 aliphatic carbocycles. The molecule has 0 aliphatic heterocycles. The van der Waals surface area contributed by atoms with Crippen LogP contribution in [0.2, 0.25) is 0 Å². The van der Waals surface area contributed by atoms with Crippen molar-refractivity contribution >= 4 is 15.7 Å². The molecule has 0 amide bonds. The number of rotatable bonds is 4. The number of anilines is 1. The Balaban J connectivity index is 2.27. The van der Waals surface area contributed by atoms with Gasteiger partial charge in [0.1, 0.15) is 4.90 Å². The monoisotopic (exact) mass is 266 g/mol. The zero-order chi connectivity index (χ0) is 13.2. The van der Waals surface area contributed by atoms with Gasteiger partial charge in [-0.25, -0.2) is 8.42 Å². The van der Waals surface area contributed by atoms with Gasteiger partial charge in [0.25, 0.3) is 10.0 Å². The standard InChI is InChI=1S/C11H14N4O2S/c1-15-8-11(7-13-15)18(16,17)14-10-4-2-3-9(5-10)6-12/h2-5,7-8,14H,6,12H2,1H3. The molecule has 0 saturated heterocycles. The van der Waals surface area contributed by atoms with Gasteiger partial charge in [-0.15, -0.1) is 0 Å². The smallest absolute Gasteiger partial charge is 0.265 e. The van der Waals surface area contributed by atoms with Crippen molar-refractivity contribution < 1.29 is 8.42 Å². The maximum absolute atomic E-state index is 12.0. The van der Waals surface area contributed by atoms with E-state index in [0.717, 1.165) is 5.56 Å². The number of aromatic nitrogens is 2. The highest BCUT2D eigenvalue weighted by Crippen LogP contribution is 2.16. The van der Waals surface area contributed by atoms with E-state index < -0.39 is 10.0 Å². The largest absolute Gasteiger partial charge is 0.326 e. The molecule has 1 heterocycles. The van der Waals surface area contributed by atoms with Crippen LogP contribution >= 0.6 is 0 Å². The van der Waals surface area contributed by atoms with E-state index in [2.05, 4.69) is 9.82 Å². The van der Waals surface area contributed by atoms with Crippen molar-refractivity contribution in [3.05, 3.63) is 42.2 Å². The summed E-state index contributed by atoms with van der Waals surface area (Å²) in [5.74, 6) is 0. The van der Waals surface area contributed by atoms with Crippen LogP contribution in [0.3, 0.4) is 0 Å². The van der Waals surface area contributed by atoms with Gasteiger partial charge in [-0.2, -0.15) is 5.10 Å². The third-order valence-electron chi connectivity index (χ3n) is 2.41. The lowest BCUT2D eigenvalue weighted by Crippen LogP contribution is -2.12. The molecule has 1 aromatic heterocycles. The van der Waals surface area contributed by atoms with Crippen molar-refractivity contribution in [3.8, 4) is 0 Å². The van der Waals surface area contributed by atoms with Gasteiger partial charge in [0, 0.05) is 25.5 Å². The molecule has 0 atom stereocenters. The second-order valence-corrected chi connectivity index (χ2v) is 5.54. The number of nitrogens with two attached hydrogens (primary N) is 1. The molecule has 0 fully saturated rings. The van der Waals surface area contributed by atoms with Crippen molar-refractivity contribution in [1.82, 2.24) is 9.78 Å². The molecule has 2 aromatic rings. The van der Waals surface area contributed by atoms with E-state index in [4.69, 9.17) is 5.73 Å². The zero-order valence-electron chi connectivity index (χ0n) is 9.87. The van der Waals surface area contributed by atoms with E-state index in [-0.39, 0.29) is 4.90 Å². The summed E-state index contributed by atoms with van der Waals surface area (Å²) >= 11 is 0. The fourth-order valence-corrected chi connectivity index (χ4v) is 2.55. The fourth-order valence-electron chi connectivity index (χ4n) is 1.51. The molecular formula is C11H14N4O2S. The number of sulfonamides is 1. The SMILES string of the molecule is Cn1cc(S(=O)(=O)Nc2cccc(CN)c2)cn1. The van der Waals surface area contributed by atoms with Crippen molar-refractivity contribution in [2.75, 3.05) is 4.72 Å². The lowest BCUT2D eigenvalue weighted by molar-refractivity contribution is 0.601. The van der Waals surface area contributed by atoms with Crippen LogP contribution in [0.5, 0.6) is 0 Å². The van der Waals surface area contributed by atoms with Crippen LogP contribution in [0.4, 0.5) is 5.69 Å². The van der Waals surface area contributed by atoms with Crippen molar-refractivity contribution in [1.29, 1.82) is 0 Å². The third-order valence-corrected chi connectivity index (χ3v) is 3.74. The maximum atomic E-state index is 12.0. The highest BCUT2D eigenvalue weighted by Gasteiger charge is 2.15. The van der Waals surface area contributed by atoms with E-state index in [1.165, 1.54) is 17.1 Å². The average Bonchev–Trinajstić information content (AvgIpc) is 2.76. The van der Waals surface area contributed by atoms with E-state index in [1.54, 1.807) is 25.2 Å². The Morgan fingerprint density at radius 1 is 1.44 bits per heavy atom. The van der Waals surface area contributed by atoms with Crippen LogP contribution in [0.1, 0.15) is 5.56 Å². The van der Waals surface area contributed by atoms with Crippen molar-refractivity contribution in [3.63, 3.8) is 0 Å². The minimum absolute atomic E-state index is 0.128. The average molecular weight is 266 g/mol. The first-order valence-electron chi connectivity index (χ1n) is 5.32. The minimum Gasteiger partial charge on any atom is -0.326 e. The molecule has 0 aliphatic rings. The molecule has 0 saturated carbocycles. The molecule has 1 aromatic carbocycles. The molecule has 2 rings (SSSR count). The number of nitrogens with one attached hydrogen (secondary N) is 1. The van der Waals surface area contributed by atoms with Gasteiger partial charge in [-0.05, 0) is 17.7 Å². The Bertz CT molecular complexity index is 649. The molecule has 18 heavy (non-hydrogen) atoms. The van der Waals surface area contributed by atoms with E-state index in [0.29, 0.717) is 12.2 Å². The minimum atomic E-state index is -3.59. The topological polar surface area (TPSA) is 90.0 Å². The second-order valence-electron chi connectivity index (χ2n) is 3.86. The summed E-state index contributed by atoms with van der Waals surface area (Å²) in [4.78, 5) is 0.128. The van der Waals surface area contributed by atoms with Gasteiger partial charge in [0.15, 0.2) is 0 Å². The molecule has 6 nitrogen and oxygen atoms in total. The summed E-state index contributed by atoms with van der Waals surface area (Å²) in [5, 5.41) is 3.84. The molecule has 96 valence electrons. The van der Waals surface area contributed by atoms with Gasteiger partial charge in [0.2, 0.25) is 0 Å². The predicted octanol–water partition coefficient (Wildman–Crippen LogP) is 0.680. The fraction of sp³-hybridized carbons (Fsp3) is 0.182. The number of benzene rings is 1. The third kappa shape index (κ3) is 2.69.